The van der Waals surface area contributed by atoms with Gasteiger partial charge in [0.1, 0.15) is 5.69 Å². The molecule has 2 aliphatic rings. The van der Waals surface area contributed by atoms with E-state index in [4.69, 9.17) is 4.74 Å². The Balaban J connectivity index is 1.57. The van der Waals surface area contributed by atoms with E-state index in [9.17, 15) is 4.79 Å². The molecular weight excluding hydrogens is 290 g/mol. The van der Waals surface area contributed by atoms with Gasteiger partial charge in [-0.15, -0.1) is 0 Å². The van der Waals surface area contributed by atoms with E-state index >= 15 is 0 Å². The molecule has 1 aliphatic heterocycles. The Labute approximate surface area is 135 Å². The molecule has 2 heterocycles. The van der Waals surface area contributed by atoms with Gasteiger partial charge in [-0.25, -0.2) is 4.68 Å². The van der Waals surface area contributed by atoms with Crippen LogP contribution >= 0.6 is 0 Å². The quantitative estimate of drug-likeness (QED) is 0.923. The van der Waals surface area contributed by atoms with Gasteiger partial charge in [0.05, 0.1) is 17.5 Å². The normalized spacial score (nSPS) is 20.6. The number of benzene rings is 1. The number of nitrogens with one attached hydrogen (secondary N) is 1. The van der Waals surface area contributed by atoms with Crippen molar-refractivity contribution in [1.82, 2.24) is 15.1 Å². The lowest BCUT2D eigenvalue weighted by molar-refractivity contribution is 0.0851. The number of rotatable bonds is 5. The van der Waals surface area contributed by atoms with Gasteiger partial charge < -0.3 is 10.1 Å². The first kappa shape index (κ1) is 14.5. The minimum absolute atomic E-state index is 0.0799. The Morgan fingerprint density at radius 3 is 2.78 bits per heavy atom. The van der Waals surface area contributed by atoms with E-state index in [0.29, 0.717) is 18.2 Å². The van der Waals surface area contributed by atoms with Crippen LogP contribution < -0.4 is 5.32 Å². The molecule has 23 heavy (non-hydrogen) atoms. The summed E-state index contributed by atoms with van der Waals surface area (Å²) in [5.41, 5.74) is 2.55. The van der Waals surface area contributed by atoms with E-state index < -0.39 is 0 Å². The average molecular weight is 311 g/mol. The van der Waals surface area contributed by atoms with Crippen LogP contribution in [0.4, 0.5) is 0 Å². The maximum Gasteiger partial charge on any atom is 0.270 e. The molecule has 0 unspecified atom stereocenters. The van der Waals surface area contributed by atoms with Crippen LogP contribution in [0.25, 0.3) is 5.69 Å². The van der Waals surface area contributed by atoms with Gasteiger partial charge in [-0.3, -0.25) is 4.79 Å². The van der Waals surface area contributed by atoms with Crippen molar-refractivity contribution in [2.45, 2.75) is 37.7 Å². The Morgan fingerprint density at radius 2 is 2.09 bits per heavy atom. The fraction of sp³-hybridized carbons (Fsp3) is 0.444. The Kier molecular flexibility index (Phi) is 3.87. The summed E-state index contributed by atoms with van der Waals surface area (Å²) in [6, 6.07) is 11.8. The molecule has 1 aromatic heterocycles. The summed E-state index contributed by atoms with van der Waals surface area (Å²) in [5, 5.41) is 7.67. The third-order valence-corrected chi connectivity index (χ3v) is 4.47. The van der Waals surface area contributed by atoms with Crippen molar-refractivity contribution < 1.29 is 9.53 Å². The number of carbonyl (C=O) groups is 1. The summed E-state index contributed by atoms with van der Waals surface area (Å²) in [7, 11) is 0. The van der Waals surface area contributed by atoms with Gasteiger partial charge >= 0.3 is 0 Å². The van der Waals surface area contributed by atoms with Gasteiger partial charge in [0.25, 0.3) is 5.91 Å². The highest BCUT2D eigenvalue weighted by molar-refractivity contribution is 5.93. The van der Waals surface area contributed by atoms with E-state index in [1.807, 2.05) is 36.4 Å². The molecule has 1 N–H and O–H groups in total. The predicted molar refractivity (Wildman–Crippen MR) is 86.8 cm³/mol. The zero-order chi connectivity index (χ0) is 15.6. The molecule has 1 aromatic carbocycles. The molecule has 4 rings (SSSR count). The highest BCUT2D eigenvalue weighted by Gasteiger charge is 2.29. The lowest BCUT2D eigenvalue weighted by Gasteiger charge is -2.11. The molecule has 2 aromatic rings. The van der Waals surface area contributed by atoms with Gasteiger partial charge in [-0.1, -0.05) is 18.2 Å². The third-order valence-electron chi connectivity index (χ3n) is 4.47. The van der Waals surface area contributed by atoms with Crippen LogP contribution in [0.15, 0.2) is 36.4 Å². The number of nitrogens with zero attached hydrogens (tertiary/aromatic N) is 2. The summed E-state index contributed by atoms with van der Waals surface area (Å²) in [5.74, 6) is 0.438. The molecule has 5 nitrogen and oxygen atoms in total. The second-order valence-corrected chi connectivity index (χ2v) is 6.32. The smallest absolute Gasteiger partial charge is 0.270 e. The number of para-hydroxylation sites is 1. The number of hydrogen-bond donors (Lipinski definition) is 1. The standard InChI is InChI=1S/C18H21N3O2/c22-18(19-12-15-7-4-10-23-15)17-11-16(13-8-9-13)20-21(17)14-5-2-1-3-6-14/h1-3,5-6,11,13,15H,4,7-10,12H2,(H,19,22)/t15-/m0/s1. The van der Waals surface area contributed by atoms with Crippen molar-refractivity contribution in [2.75, 3.05) is 13.2 Å². The van der Waals surface area contributed by atoms with Crippen LogP contribution in [0.1, 0.15) is 47.8 Å². The van der Waals surface area contributed by atoms with Crippen LogP contribution in [0, 0.1) is 0 Å². The first-order valence-electron chi connectivity index (χ1n) is 8.36. The molecule has 5 heteroatoms. The first-order valence-corrected chi connectivity index (χ1v) is 8.36. The average Bonchev–Trinajstić information content (AvgIpc) is 3.13. The molecule has 1 saturated heterocycles. The van der Waals surface area contributed by atoms with E-state index in [2.05, 4.69) is 10.4 Å². The highest BCUT2D eigenvalue weighted by atomic mass is 16.5. The zero-order valence-electron chi connectivity index (χ0n) is 13.1. The van der Waals surface area contributed by atoms with E-state index in [-0.39, 0.29) is 12.0 Å². The van der Waals surface area contributed by atoms with Crippen LogP contribution in [0.5, 0.6) is 0 Å². The minimum atomic E-state index is -0.0799. The molecule has 0 bridgehead atoms. The molecule has 1 atom stereocenters. The van der Waals surface area contributed by atoms with Gasteiger partial charge in [0.15, 0.2) is 0 Å². The predicted octanol–water partition coefficient (Wildman–Crippen LogP) is 2.66. The van der Waals surface area contributed by atoms with Gasteiger partial charge in [-0.05, 0) is 43.9 Å². The van der Waals surface area contributed by atoms with Gasteiger partial charge in [0, 0.05) is 19.1 Å². The van der Waals surface area contributed by atoms with Crippen molar-refractivity contribution in [2.24, 2.45) is 0 Å². The summed E-state index contributed by atoms with van der Waals surface area (Å²) >= 11 is 0. The minimum Gasteiger partial charge on any atom is -0.376 e. The molecule has 1 saturated carbocycles. The zero-order valence-corrected chi connectivity index (χ0v) is 13.1. The lowest BCUT2D eigenvalue weighted by Crippen LogP contribution is -2.33. The van der Waals surface area contributed by atoms with Crippen LogP contribution in [0.3, 0.4) is 0 Å². The highest BCUT2D eigenvalue weighted by Crippen LogP contribution is 2.39. The van der Waals surface area contributed by atoms with Crippen LogP contribution in [-0.4, -0.2) is 34.9 Å². The van der Waals surface area contributed by atoms with Gasteiger partial charge in [-0.2, -0.15) is 5.10 Å². The van der Waals surface area contributed by atoms with Crippen LogP contribution in [0.2, 0.25) is 0 Å². The fourth-order valence-corrected chi connectivity index (χ4v) is 3.01. The van der Waals surface area contributed by atoms with Crippen molar-refractivity contribution in [1.29, 1.82) is 0 Å². The summed E-state index contributed by atoms with van der Waals surface area (Å²) in [4.78, 5) is 12.6. The molecular formula is C18H21N3O2. The monoisotopic (exact) mass is 311 g/mol. The largest absolute Gasteiger partial charge is 0.376 e. The first-order chi connectivity index (χ1) is 11.3. The second kappa shape index (κ2) is 6.16. The maximum atomic E-state index is 12.6. The number of amides is 1. The molecule has 0 spiro atoms. The number of aromatic nitrogens is 2. The third kappa shape index (κ3) is 3.15. The van der Waals surface area contributed by atoms with Crippen molar-refractivity contribution in [3.05, 3.63) is 47.8 Å². The lowest BCUT2D eigenvalue weighted by atomic mass is 10.2. The SMILES string of the molecule is O=C(NC[C@@H]1CCCO1)c1cc(C2CC2)nn1-c1ccccc1. The number of hydrogen-bond acceptors (Lipinski definition) is 3. The molecule has 2 fully saturated rings. The molecule has 0 radical (unpaired) electrons. The molecule has 1 aliphatic carbocycles. The van der Waals surface area contributed by atoms with Crippen molar-refractivity contribution >= 4 is 5.91 Å². The maximum absolute atomic E-state index is 12.6. The number of ether oxygens (including phenoxy) is 1. The van der Waals surface area contributed by atoms with Crippen LogP contribution in [-0.2, 0) is 4.74 Å². The number of carbonyl (C=O) groups excluding carboxylic acids is 1. The van der Waals surface area contributed by atoms with E-state index in [0.717, 1.165) is 30.8 Å². The summed E-state index contributed by atoms with van der Waals surface area (Å²) < 4.78 is 7.33. The molecule has 1 amide bonds. The Morgan fingerprint density at radius 1 is 1.26 bits per heavy atom. The fourth-order valence-electron chi connectivity index (χ4n) is 3.01. The summed E-state index contributed by atoms with van der Waals surface area (Å²) in [6.07, 6.45) is 4.58. The second-order valence-electron chi connectivity index (χ2n) is 6.32. The Hall–Kier alpha value is -2.14. The van der Waals surface area contributed by atoms with Crippen molar-refractivity contribution in [3.8, 4) is 5.69 Å². The topological polar surface area (TPSA) is 56.1 Å². The van der Waals surface area contributed by atoms with Gasteiger partial charge in [0.2, 0.25) is 0 Å². The Bertz CT molecular complexity index is 686. The molecule has 120 valence electrons. The summed E-state index contributed by atoms with van der Waals surface area (Å²) in [6.45, 7) is 1.37. The van der Waals surface area contributed by atoms with Crippen molar-refractivity contribution in [3.63, 3.8) is 0 Å². The van der Waals surface area contributed by atoms with E-state index in [1.54, 1.807) is 4.68 Å². The van der Waals surface area contributed by atoms with E-state index in [1.165, 1.54) is 12.8 Å².